The minimum absolute atomic E-state index is 0.0378. The Hall–Kier alpha value is -2.63. The molecule has 2 aliphatic rings. The molecule has 1 saturated carbocycles. The Balaban J connectivity index is 1.29. The lowest BCUT2D eigenvalue weighted by molar-refractivity contribution is 0.193. The molecule has 2 aromatic rings. The van der Waals surface area contributed by atoms with Gasteiger partial charge in [0.15, 0.2) is 0 Å². The third-order valence-electron chi connectivity index (χ3n) is 5.22. The van der Waals surface area contributed by atoms with Gasteiger partial charge in [0.25, 0.3) is 0 Å². The first-order valence-corrected chi connectivity index (χ1v) is 8.87. The Morgan fingerprint density at radius 1 is 1.00 bits per heavy atom. The van der Waals surface area contributed by atoms with Crippen LogP contribution in [-0.2, 0) is 5.41 Å². The lowest BCUT2D eigenvalue weighted by Gasteiger charge is -2.35. The van der Waals surface area contributed by atoms with Crippen LogP contribution in [0.2, 0.25) is 0 Å². The number of hydrogen-bond donors (Lipinski definition) is 1. The molecule has 2 heterocycles. The van der Waals surface area contributed by atoms with Gasteiger partial charge in [0.2, 0.25) is 5.95 Å². The monoisotopic (exact) mass is 337 g/mol. The first kappa shape index (κ1) is 15.9. The molecule has 1 aliphatic heterocycles. The van der Waals surface area contributed by atoms with Crippen molar-refractivity contribution in [2.45, 2.75) is 18.3 Å². The molecule has 1 saturated heterocycles. The highest BCUT2D eigenvalue weighted by atomic mass is 16.2. The second-order valence-electron chi connectivity index (χ2n) is 6.83. The normalized spacial score (nSPS) is 18.7. The van der Waals surface area contributed by atoms with E-state index in [1.54, 1.807) is 12.4 Å². The van der Waals surface area contributed by atoms with Gasteiger partial charge in [-0.1, -0.05) is 30.3 Å². The van der Waals surface area contributed by atoms with Gasteiger partial charge in [-0.05, 0) is 24.5 Å². The van der Waals surface area contributed by atoms with E-state index in [9.17, 15) is 4.79 Å². The van der Waals surface area contributed by atoms with Crippen LogP contribution in [0, 0.1) is 0 Å². The number of hydrogen-bond acceptors (Lipinski definition) is 4. The van der Waals surface area contributed by atoms with E-state index >= 15 is 0 Å². The van der Waals surface area contributed by atoms with E-state index in [1.807, 2.05) is 17.0 Å². The molecule has 1 aromatic heterocycles. The van der Waals surface area contributed by atoms with Gasteiger partial charge in [-0.15, -0.1) is 0 Å². The number of nitrogens with one attached hydrogen (secondary N) is 1. The zero-order valence-corrected chi connectivity index (χ0v) is 14.3. The number of aromatic nitrogens is 2. The van der Waals surface area contributed by atoms with Gasteiger partial charge in [0, 0.05) is 50.5 Å². The third-order valence-corrected chi connectivity index (χ3v) is 5.22. The molecule has 1 aromatic carbocycles. The summed E-state index contributed by atoms with van der Waals surface area (Å²) in [5.41, 5.74) is 1.48. The van der Waals surface area contributed by atoms with Crippen molar-refractivity contribution in [3.8, 4) is 0 Å². The van der Waals surface area contributed by atoms with E-state index in [0.29, 0.717) is 13.1 Å². The predicted molar refractivity (Wildman–Crippen MR) is 96.6 cm³/mol. The highest BCUT2D eigenvalue weighted by Crippen LogP contribution is 2.47. The SMILES string of the molecule is O=C(NCC1(c2ccccc2)CC1)N1CCN(c2ncccn2)CC1. The molecular weight excluding hydrogens is 314 g/mol. The topological polar surface area (TPSA) is 61.4 Å². The first-order valence-electron chi connectivity index (χ1n) is 8.87. The maximum atomic E-state index is 12.5. The number of carbonyl (C=O) groups excluding carboxylic acids is 1. The van der Waals surface area contributed by atoms with Crippen LogP contribution in [0.4, 0.5) is 10.7 Å². The number of urea groups is 1. The van der Waals surface area contributed by atoms with Gasteiger partial charge < -0.3 is 15.1 Å². The minimum Gasteiger partial charge on any atom is -0.337 e. The van der Waals surface area contributed by atoms with Crippen molar-refractivity contribution in [1.82, 2.24) is 20.2 Å². The molecule has 1 aliphatic carbocycles. The summed E-state index contributed by atoms with van der Waals surface area (Å²) in [7, 11) is 0. The van der Waals surface area contributed by atoms with Crippen LogP contribution in [-0.4, -0.2) is 53.6 Å². The number of piperazine rings is 1. The standard InChI is InChI=1S/C19H23N5O/c25-18(22-15-19(7-8-19)16-5-2-1-3-6-16)24-13-11-23(12-14-24)17-20-9-4-10-21-17/h1-6,9-10H,7-8,11-15H2,(H,22,25). The second kappa shape index (κ2) is 6.70. The largest absolute Gasteiger partial charge is 0.337 e. The number of rotatable bonds is 4. The first-order chi connectivity index (χ1) is 12.3. The molecule has 0 spiro atoms. The van der Waals surface area contributed by atoms with Crippen LogP contribution in [0.15, 0.2) is 48.8 Å². The number of nitrogens with zero attached hydrogens (tertiary/aromatic N) is 4. The Labute approximate surface area is 147 Å². The molecule has 2 fully saturated rings. The van der Waals surface area contributed by atoms with Gasteiger partial charge >= 0.3 is 6.03 Å². The Morgan fingerprint density at radius 2 is 1.68 bits per heavy atom. The summed E-state index contributed by atoms with van der Waals surface area (Å²) in [5, 5.41) is 3.15. The van der Waals surface area contributed by atoms with Crippen LogP contribution >= 0.6 is 0 Å². The van der Waals surface area contributed by atoms with Gasteiger partial charge in [0.1, 0.15) is 0 Å². The van der Waals surface area contributed by atoms with Crippen LogP contribution < -0.4 is 10.2 Å². The molecule has 0 bridgehead atoms. The summed E-state index contributed by atoms with van der Waals surface area (Å²) in [4.78, 5) is 25.1. The molecule has 0 unspecified atom stereocenters. The van der Waals surface area contributed by atoms with Gasteiger partial charge in [0.05, 0.1) is 0 Å². The zero-order chi connectivity index (χ0) is 17.1. The third kappa shape index (κ3) is 3.43. The fourth-order valence-corrected chi connectivity index (χ4v) is 3.43. The van der Waals surface area contributed by atoms with E-state index in [4.69, 9.17) is 0 Å². The Bertz CT molecular complexity index is 709. The minimum atomic E-state index is 0.0378. The quantitative estimate of drug-likeness (QED) is 0.927. The van der Waals surface area contributed by atoms with E-state index < -0.39 is 0 Å². The van der Waals surface area contributed by atoms with Gasteiger partial charge in [-0.3, -0.25) is 0 Å². The molecular formula is C19H23N5O. The van der Waals surface area contributed by atoms with Crippen LogP contribution in [0.25, 0.3) is 0 Å². The lowest BCUT2D eigenvalue weighted by Crippen LogP contribution is -2.53. The van der Waals surface area contributed by atoms with Crippen molar-refractivity contribution in [1.29, 1.82) is 0 Å². The van der Waals surface area contributed by atoms with E-state index in [0.717, 1.165) is 38.4 Å². The Kier molecular flexibility index (Phi) is 4.26. The van der Waals surface area contributed by atoms with Gasteiger partial charge in [-0.25, -0.2) is 14.8 Å². The molecule has 0 atom stereocenters. The highest BCUT2D eigenvalue weighted by molar-refractivity contribution is 5.74. The molecule has 1 N–H and O–H groups in total. The summed E-state index contributed by atoms with van der Waals surface area (Å²) in [6.07, 6.45) is 5.80. The zero-order valence-electron chi connectivity index (χ0n) is 14.3. The summed E-state index contributed by atoms with van der Waals surface area (Å²) in [6.45, 7) is 3.64. The summed E-state index contributed by atoms with van der Waals surface area (Å²) in [6, 6.07) is 12.4. The van der Waals surface area contributed by atoms with Crippen molar-refractivity contribution in [3.05, 3.63) is 54.4 Å². The maximum absolute atomic E-state index is 12.5. The van der Waals surface area contributed by atoms with Gasteiger partial charge in [-0.2, -0.15) is 0 Å². The molecule has 0 radical (unpaired) electrons. The van der Waals surface area contributed by atoms with Crippen LogP contribution in [0.3, 0.4) is 0 Å². The highest BCUT2D eigenvalue weighted by Gasteiger charge is 2.44. The van der Waals surface area contributed by atoms with Crippen molar-refractivity contribution in [2.75, 3.05) is 37.6 Å². The summed E-state index contributed by atoms with van der Waals surface area (Å²) >= 11 is 0. The van der Waals surface area contributed by atoms with Crippen molar-refractivity contribution < 1.29 is 4.79 Å². The second-order valence-corrected chi connectivity index (χ2v) is 6.83. The molecule has 6 nitrogen and oxygen atoms in total. The summed E-state index contributed by atoms with van der Waals surface area (Å²) in [5.74, 6) is 0.739. The molecule has 130 valence electrons. The smallest absolute Gasteiger partial charge is 0.317 e. The van der Waals surface area contributed by atoms with E-state index in [1.165, 1.54) is 5.56 Å². The number of amides is 2. The predicted octanol–water partition coefficient (Wildman–Crippen LogP) is 2.04. The van der Waals surface area contributed by atoms with E-state index in [-0.39, 0.29) is 11.4 Å². The summed E-state index contributed by atoms with van der Waals surface area (Å²) < 4.78 is 0. The molecule has 4 rings (SSSR count). The number of anilines is 1. The molecule has 2 amide bonds. The van der Waals surface area contributed by atoms with Crippen LogP contribution in [0.1, 0.15) is 18.4 Å². The van der Waals surface area contributed by atoms with Crippen molar-refractivity contribution in [2.24, 2.45) is 0 Å². The average molecular weight is 337 g/mol. The van der Waals surface area contributed by atoms with Crippen molar-refractivity contribution in [3.63, 3.8) is 0 Å². The molecule has 6 heteroatoms. The lowest BCUT2D eigenvalue weighted by atomic mass is 9.96. The number of benzene rings is 1. The number of carbonyl (C=O) groups is 1. The van der Waals surface area contributed by atoms with E-state index in [2.05, 4.69) is 44.5 Å². The average Bonchev–Trinajstić information content (AvgIpc) is 3.49. The Morgan fingerprint density at radius 3 is 2.32 bits per heavy atom. The fraction of sp³-hybridized carbons (Fsp3) is 0.421. The maximum Gasteiger partial charge on any atom is 0.317 e. The van der Waals surface area contributed by atoms with Crippen LogP contribution in [0.5, 0.6) is 0 Å². The van der Waals surface area contributed by atoms with Crippen molar-refractivity contribution >= 4 is 12.0 Å². The fourth-order valence-electron chi connectivity index (χ4n) is 3.43. The molecule has 25 heavy (non-hydrogen) atoms.